The number of aryl methyl sites for hydroxylation is 1. The quantitative estimate of drug-likeness (QED) is 0.386. The zero-order valence-corrected chi connectivity index (χ0v) is 17.4. The molecule has 2 atom stereocenters. The highest BCUT2D eigenvalue weighted by Crippen LogP contribution is 2.49. The molecule has 0 saturated heterocycles. The zero-order chi connectivity index (χ0) is 20.7. The number of rotatable bonds is 5. The zero-order valence-electron chi connectivity index (χ0n) is 17.4. The molecule has 1 fully saturated rings. The molecule has 1 aromatic heterocycles. The van der Waals surface area contributed by atoms with Gasteiger partial charge < -0.3 is 9.26 Å². The van der Waals surface area contributed by atoms with E-state index in [0.717, 1.165) is 39.5 Å². The standard InChI is InChI=1S/C26H24N2O2/c1-16-14-18(12-13-19(16)21-9-6-7-11-24(21)29-3)26-27-25(28-30-26)22-10-5-4-8-20(22)23-15-17(23)2/h4-14,17,23H,15H2,1-3H3. The van der Waals surface area contributed by atoms with Crippen molar-refractivity contribution in [3.05, 3.63) is 77.9 Å². The molecule has 0 N–H and O–H groups in total. The van der Waals surface area contributed by atoms with Gasteiger partial charge in [0.25, 0.3) is 5.89 Å². The fourth-order valence-electron chi connectivity index (χ4n) is 4.20. The number of nitrogens with zero attached hydrogens (tertiary/aromatic N) is 2. The van der Waals surface area contributed by atoms with Crippen molar-refractivity contribution >= 4 is 0 Å². The molecule has 1 heterocycles. The fourth-order valence-corrected chi connectivity index (χ4v) is 4.20. The molecule has 1 aliphatic carbocycles. The van der Waals surface area contributed by atoms with Crippen molar-refractivity contribution in [2.24, 2.45) is 5.92 Å². The predicted octanol–water partition coefficient (Wildman–Crippen LogP) is 6.51. The third-order valence-electron chi connectivity index (χ3n) is 6.01. The molecule has 150 valence electrons. The largest absolute Gasteiger partial charge is 0.496 e. The van der Waals surface area contributed by atoms with E-state index in [1.54, 1.807) is 7.11 Å². The van der Waals surface area contributed by atoms with E-state index in [-0.39, 0.29) is 0 Å². The van der Waals surface area contributed by atoms with Crippen molar-refractivity contribution in [3.63, 3.8) is 0 Å². The van der Waals surface area contributed by atoms with Gasteiger partial charge in [0.15, 0.2) is 0 Å². The number of para-hydroxylation sites is 1. The summed E-state index contributed by atoms with van der Waals surface area (Å²) in [4.78, 5) is 4.72. The van der Waals surface area contributed by atoms with Gasteiger partial charge in [0.1, 0.15) is 5.75 Å². The number of hydrogen-bond acceptors (Lipinski definition) is 4. The van der Waals surface area contributed by atoms with Crippen LogP contribution in [0.3, 0.4) is 0 Å². The molecule has 1 aliphatic rings. The first-order valence-corrected chi connectivity index (χ1v) is 10.3. The second-order valence-corrected chi connectivity index (χ2v) is 8.06. The summed E-state index contributed by atoms with van der Waals surface area (Å²) in [6.45, 7) is 4.38. The third-order valence-corrected chi connectivity index (χ3v) is 6.01. The van der Waals surface area contributed by atoms with Crippen molar-refractivity contribution in [1.29, 1.82) is 0 Å². The Hall–Kier alpha value is -3.40. The molecule has 1 saturated carbocycles. The Morgan fingerprint density at radius 3 is 2.40 bits per heavy atom. The van der Waals surface area contributed by atoms with E-state index in [1.165, 1.54) is 12.0 Å². The lowest BCUT2D eigenvalue weighted by Gasteiger charge is -2.11. The molecular formula is C26H24N2O2. The van der Waals surface area contributed by atoms with Gasteiger partial charge in [-0.3, -0.25) is 0 Å². The number of ether oxygens (including phenoxy) is 1. The summed E-state index contributed by atoms with van der Waals surface area (Å²) < 4.78 is 11.2. The van der Waals surface area contributed by atoms with Gasteiger partial charge in [-0.15, -0.1) is 0 Å². The first kappa shape index (κ1) is 18.6. The molecule has 0 bridgehead atoms. The van der Waals surface area contributed by atoms with E-state index in [2.05, 4.69) is 55.4 Å². The minimum absolute atomic E-state index is 0.540. The number of methoxy groups -OCH3 is 1. The van der Waals surface area contributed by atoms with Gasteiger partial charge in [0, 0.05) is 16.7 Å². The van der Waals surface area contributed by atoms with E-state index >= 15 is 0 Å². The highest BCUT2D eigenvalue weighted by molar-refractivity contribution is 5.76. The Balaban J connectivity index is 1.49. The summed E-state index contributed by atoms with van der Waals surface area (Å²) >= 11 is 0. The van der Waals surface area contributed by atoms with Crippen LogP contribution in [0.2, 0.25) is 0 Å². The Morgan fingerprint density at radius 1 is 0.933 bits per heavy atom. The minimum Gasteiger partial charge on any atom is -0.496 e. The average molecular weight is 396 g/mol. The molecule has 4 heteroatoms. The van der Waals surface area contributed by atoms with Crippen molar-refractivity contribution < 1.29 is 9.26 Å². The van der Waals surface area contributed by atoms with Crippen molar-refractivity contribution in [2.45, 2.75) is 26.2 Å². The maximum Gasteiger partial charge on any atom is 0.258 e. The molecule has 0 amide bonds. The minimum atomic E-state index is 0.540. The molecule has 0 aliphatic heterocycles. The van der Waals surface area contributed by atoms with Crippen molar-refractivity contribution in [1.82, 2.24) is 10.1 Å². The Kier molecular flexibility index (Phi) is 4.62. The van der Waals surface area contributed by atoms with Crippen LogP contribution in [0.5, 0.6) is 5.75 Å². The van der Waals surface area contributed by atoms with Gasteiger partial charge in [-0.05, 0) is 60.1 Å². The first-order chi connectivity index (χ1) is 14.7. The van der Waals surface area contributed by atoms with Crippen LogP contribution in [0.1, 0.15) is 30.4 Å². The van der Waals surface area contributed by atoms with Crippen LogP contribution < -0.4 is 4.74 Å². The number of aromatic nitrogens is 2. The Labute approximate surface area is 176 Å². The highest BCUT2D eigenvalue weighted by atomic mass is 16.5. The highest BCUT2D eigenvalue weighted by Gasteiger charge is 2.36. The molecule has 4 nitrogen and oxygen atoms in total. The number of hydrogen-bond donors (Lipinski definition) is 0. The Morgan fingerprint density at radius 2 is 1.67 bits per heavy atom. The average Bonchev–Trinajstić information content (AvgIpc) is 3.30. The van der Waals surface area contributed by atoms with E-state index in [9.17, 15) is 0 Å². The van der Waals surface area contributed by atoms with Gasteiger partial charge in [-0.1, -0.05) is 60.6 Å². The molecule has 5 rings (SSSR count). The van der Waals surface area contributed by atoms with Crippen LogP contribution in [0.25, 0.3) is 34.0 Å². The van der Waals surface area contributed by atoms with Crippen LogP contribution >= 0.6 is 0 Å². The predicted molar refractivity (Wildman–Crippen MR) is 118 cm³/mol. The van der Waals surface area contributed by atoms with E-state index in [1.807, 2.05) is 30.3 Å². The first-order valence-electron chi connectivity index (χ1n) is 10.3. The maximum absolute atomic E-state index is 5.65. The molecule has 0 radical (unpaired) electrons. The maximum atomic E-state index is 5.65. The van der Waals surface area contributed by atoms with Crippen LogP contribution in [0, 0.1) is 12.8 Å². The van der Waals surface area contributed by atoms with Crippen LogP contribution in [-0.4, -0.2) is 17.3 Å². The molecule has 0 spiro atoms. The molecule has 30 heavy (non-hydrogen) atoms. The van der Waals surface area contributed by atoms with E-state index in [0.29, 0.717) is 17.6 Å². The molecular weight excluding hydrogens is 372 g/mol. The lowest BCUT2D eigenvalue weighted by atomic mass is 9.97. The van der Waals surface area contributed by atoms with Crippen LogP contribution in [0.15, 0.2) is 71.3 Å². The van der Waals surface area contributed by atoms with Crippen LogP contribution in [-0.2, 0) is 0 Å². The molecule has 2 unspecified atom stereocenters. The normalized spacial score (nSPS) is 17.7. The molecule has 4 aromatic rings. The summed E-state index contributed by atoms with van der Waals surface area (Å²) in [7, 11) is 1.70. The van der Waals surface area contributed by atoms with Gasteiger partial charge in [0.05, 0.1) is 7.11 Å². The van der Waals surface area contributed by atoms with Crippen molar-refractivity contribution in [3.8, 4) is 39.7 Å². The third kappa shape index (κ3) is 3.28. The second kappa shape index (κ2) is 7.45. The number of benzene rings is 3. The summed E-state index contributed by atoms with van der Waals surface area (Å²) in [6, 6.07) is 22.7. The fraction of sp³-hybridized carbons (Fsp3) is 0.231. The smallest absolute Gasteiger partial charge is 0.258 e. The van der Waals surface area contributed by atoms with Gasteiger partial charge in [-0.25, -0.2) is 0 Å². The summed E-state index contributed by atoms with van der Waals surface area (Å²) in [5.74, 6) is 3.39. The van der Waals surface area contributed by atoms with Gasteiger partial charge >= 0.3 is 0 Å². The lowest BCUT2D eigenvalue weighted by molar-refractivity contribution is 0.416. The summed E-state index contributed by atoms with van der Waals surface area (Å²) in [5.41, 5.74) is 6.64. The van der Waals surface area contributed by atoms with Crippen LogP contribution in [0.4, 0.5) is 0 Å². The summed E-state index contributed by atoms with van der Waals surface area (Å²) in [5, 5.41) is 4.29. The van der Waals surface area contributed by atoms with E-state index in [4.69, 9.17) is 14.2 Å². The SMILES string of the molecule is COc1ccccc1-c1ccc(-c2nc(-c3ccccc3C3CC3C)no2)cc1C. The monoisotopic (exact) mass is 396 g/mol. The molecule has 3 aromatic carbocycles. The van der Waals surface area contributed by atoms with Crippen molar-refractivity contribution in [2.75, 3.05) is 7.11 Å². The van der Waals surface area contributed by atoms with Gasteiger partial charge in [-0.2, -0.15) is 4.98 Å². The topological polar surface area (TPSA) is 48.2 Å². The van der Waals surface area contributed by atoms with Gasteiger partial charge in [0.2, 0.25) is 5.82 Å². The lowest BCUT2D eigenvalue weighted by Crippen LogP contribution is -1.91. The van der Waals surface area contributed by atoms with E-state index < -0.39 is 0 Å². The second-order valence-electron chi connectivity index (χ2n) is 8.06. The Bertz CT molecular complexity index is 1210. The summed E-state index contributed by atoms with van der Waals surface area (Å²) in [6.07, 6.45) is 1.23.